The van der Waals surface area contributed by atoms with Crippen LogP contribution in [-0.2, 0) is 0 Å². The number of hydrogen-bond donors (Lipinski definition) is 0. The molecule has 0 spiro atoms. The molecule has 0 aliphatic carbocycles. The molecule has 2 saturated heterocycles. The number of fused-ring (bicyclic) bond motifs is 1. The minimum atomic E-state index is -0.831. The van der Waals surface area contributed by atoms with E-state index in [9.17, 15) is 13.6 Å². The molecule has 0 N–H and O–H groups in total. The van der Waals surface area contributed by atoms with Gasteiger partial charge in [0.05, 0.1) is 17.2 Å². The number of rotatable bonds is 2. The lowest BCUT2D eigenvalue weighted by Gasteiger charge is -2.25. The summed E-state index contributed by atoms with van der Waals surface area (Å²) >= 11 is 0. The van der Waals surface area contributed by atoms with E-state index in [-0.39, 0.29) is 11.6 Å². The highest BCUT2D eigenvalue weighted by Gasteiger charge is 2.44. The molecule has 1 amide bonds. The zero-order valence-corrected chi connectivity index (χ0v) is 13.9. The van der Waals surface area contributed by atoms with Crippen LogP contribution in [0.5, 0.6) is 0 Å². The van der Waals surface area contributed by atoms with Crippen LogP contribution >= 0.6 is 0 Å². The van der Waals surface area contributed by atoms with Gasteiger partial charge < -0.3 is 9.80 Å². The van der Waals surface area contributed by atoms with Crippen LogP contribution in [0.2, 0.25) is 0 Å². The predicted octanol–water partition coefficient (Wildman–Crippen LogP) is 2.58. The van der Waals surface area contributed by atoms with Gasteiger partial charge in [0.1, 0.15) is 23.5 Å². The minimum absolute atomic E-state index is 0.0237. The first-order chi connectivity index (χ1) is 12.6. The molecule has 7 heteroatoms. The van der Waals surface area contributed by atoms with Crippen molar-refractivity contribution in [1.29, 1.82) is 5.26 Å². The number of nitriles is 1. The average molecular weight is 354 g/mol. The Morgan fingerprint density at radius 3 is 2.77 bits per heavy atom. The molecule has 0 saturated carbocycles. The van der Waals surface area contributed by atoms with Crippen LogP contribution in [0.1, 0.15) is 22.3 Å². The Bertz CT molecular complexity index is 893. The Labute approximate surface area is 149 Å². The summed E-state index contributed by atoms with van der Waals surface area (Å²) < 4.78 is 27.1. The molecule has 1 aromatic carbocycles. The molecule has 2 atom stereocenters. The molecule has 26 heavy (non-hydrogen) atoms. The van der Waals surface area contributed by atoms with Crippen molar-refractivity contribution in [2.24, 2.45) is 5.92 Å². The van der Waals surface area contributed by atoms with Crippen LogP contribution in [0.15, 0.2) is 36.5 Å². The number of carbonyl (C=O) groups is 1. The van der Waals surface area contributed by atoms with Gasteiger partial charge in [-0.1, -0.05) is 0 Å². The largest absolute Gasteiger partial charge is 0.354 e. The third kappa shape index (κ3) is 2.77. The fraction of sp³-hybridized carbons (Fsp3) is 0.316. The number of anilines is 1. The summed E-state index contributed by atoms with van der Waals surface area (Å²) in [4.78, 5) is 20.8. The fourth-order valence-corrected chi connectivity index (χ4v) is 3.86. The summed E-state index contributed by atoms with van der Waals surface area (Å²) in [5, 5.41) is 8.87. The third-order valence-electron chi connectivity index (χ3n) is 5.17. The summed E-state index contributed by atoms with van der Waals surface area (Å²) in [7, 11) is 0. The molecular weight excluding hydrogens is 338 g/mol. The Kier molecular flexibility index (Phi) is 4.03. The Morgan fingerprint density at radius 1 is 1.23 bits per heavy atom. The second-order valence-corrected chi connectivity index (χ2v) is 6.66. The summed E-state index contributed by atoms with van der Waals surface area (Å²) in [5.41, 5.74) is 0.402. The van der Waals surface area contributed by atoms with Crippen molar-refractivity contribution in [1.82, 2.24) is 9.88 Å². The molecule has 1 aromatic heterocycles. The monoisotopic (exact) mass is 354 g/mol. The summed E-state index contributed by atoms with van der Waals surface area (Å²) in [6, 6.07) is 8.57. The Hall–Kier alpha value is -3.01. The number of carbonyl (C=O) groups excluding carboxylic acids is 1. The normalized spacial score (nSPS) is 21.6. The first-order valence-electron chi connectivity index (χ1n) is 8.44. The van der Waals surface area contributed by atoms with Crippen molar-refractivity contribution >= 4 is 11.7 Å². The number of nitrogens with zero attached hydrogens (tertiary/aromatic N) is 4. The highest BCUT2D eigenvalue weighted by molar-refractivity contribution is 5.95. The minimum Gasteiger partial charge on any atom is -0.354 e. The molecule has 2 fully saturated rings. The number of benzene rings is 1. The second kappa shape index (κ2) is 6.37. The van der Waals surface area contributed by atoms with Gasteiger partial charge in [-0.15, -0.1) is 0 Å². The zero-order valence-electron chi connectivity index (χ0n) is 13.9. The van der Waals surface area contributed by atoms with E-state index in [1.807, 2.05) is 6.07 Å². The fourth-order valence-electron chi connectivity index (χ4n) is 3.86. The van der Waals surface area contributed by atoms with Crippen LogP contribution in [0.25, 0.3) is 0 Å². The number of hydrogen-bond acceptors (Lipinski definition) is 4. The molecule has 2 aromatic rings. The molecule has 2 aliphatic rings. The van der Waals surface area contributed by atoms with Crippen LogP contribution < -0.4 is 4.90 Å². The van der Waals surface area contributed by atoms with E-state index >= 15 is 0 Å². The maximum Gasteiger partial charge on any atom is 0.257 e. The topological polar surface area (TPSA) is 60.2 Å². The standard InChI is InChI=1S/C19H16F2N4O/c20-14-2-3-15(16(21)7-14)19(26)25-6-5-13-10-24(11-17(13)25)18-4-1-12(8-22)9-23-18/h1-4,7,9,13,17H,5-6,10-11H2. The zero-order chi connectivity index (χ0) is 18.3. The van der Waals surface area contributed by atoms with E-state index in [1.54, 1.807) is 17.0 Å². The van der Waals surface area contributed by atoms with Gasteiger partial charge in [0.25, 0.3) is 5.91 Å². The molecule has 5 nitrogen and oxygen atoms in total. The molecule has 4 rings (SSSR count). The number of aromatic nitrogens is 1. The number of halogens is 2. The van der Waals surface area contributed by atoms with Crippen LogP contribution in [-0.4, -0.2) is 41.5 Å². The highest BCUT2D eigenvalue weighted by Crippen LogP contribution is 2.34. The van der Waals surface area contributed by atoms with E-state index in [2.05, 4.69) is 9.88 Å². The van der Waals surface area contributed by atoms with Gasteiger partial charge in [0.2, 0.25) is 0 Å². The van der Waals surface area contributed by atoms with E-state index in [0.29, 0.717) is 24.6 Å². The first-order valence-corrected chi connectivity index (χ1v) is 8.44. The quantitative estimate of drug-likeness (QED) is 0.832. The maximum absolute atomic E-state index is 14.0. The van der Waals surface area contributed by atoms with Crippen LogP contribution in [0, 0.1) is 28.9 Å². The van der Waals surface area contributed by atoms with Gasteiger partial charge in [-0.3, -0.25) is 4.79 Å². The van der Waals surface area contributed by atoms with Gasteiger partial charge >= 0.3 is 0 Å². The highest BCUT2D eigenvalue weighted by atomic mass is 19.1. The van der Waals surface area contributed by atoms with E-state index < -0.39 is 17.5 Å². The van der Waals surface area contributed by atoms with Gasteiger partial charge in [-0.25, -0.2) is 13.8 Å². The lowest BCUT2D eigenvalue weighted by Crippen LogP contribution is -2.40. The van der Waals surface area contributed by atoms with Crippen LogP contribution in [0.3, 0.4) is 0 Å². The summed E-state index contributed by atoms with van der Waals surface area (Å²) in [5.74, 6) is -0.873. The molecule has 132 valence electrons. The molecular formula is C19H16F2N4O. The molecule has 0 bridgehead atoms. The van der Waals surface area contributed by atoms with Crippen molar-refractivity contribution < 1.29 is 13.6 Å². The second-order valence-electron chi connectivity index (χ2n) is 6.66. The first kappa shape index (κ1) is 16.5. The molecule has 0 radical (unpaired) electrons. The number of pyridine rings is 1. The number of likely N-dealkylation sites (tertiary alicyclic amines) is 1. The third-order valence-corrected chi connectivity index (χ3v) is 5.17. The van der Waals surface area contributed by atoms with Crippen molar-refractivity contribution in [3.63, 3.8) is 0 Å². The van der Waals surface area contributed by atoms with Crippen molar-refractivity contribution in [3.8, 4) is 6.07 Å². The molecule has 3 heterocycles. The van der Waals surface area contributed by atoms with E-state index in [4.69, 9.17) is 5.26 Å². The van der Waals surface area contributed by atoms with Gasteiger partial charge in [0, 0.05) is 37.8 Å². The lowest BCUT2D eigenvalue weighted by atomic mass is 10.0. The van der Waals surface area contributed by atoms with E-state index in [1.165, 1.54) is 12.3 Å². The number of amides is 1. The summed E-state index contributed by atoms with van der Waals surface area (Å²) in [6.07, 6.45) is 2.37. The summed E-state index contributed by atoms with van der Waals surface area (Å²) in [6.45, 7) is 1.94. The van der Waals surface area contributed by atoms with Crippen molar-refractivity contribution in [3.05, 3.63) is 59.3 Å². The smallest absolute Gasteiger partial charge is 0.257 e. The van der Waals surface area contributed by atoms with Crippen LogP contribution in [0.4, 0.5) is 14.6 Å². The lowest BCUT2D eigenvalue weighted by molar-refractivity contribution is 0.0733. The maximum atomic E-state index is 14.0. The Balaban J connectivity index is 1.52. The average Bonchev–Trinajstić information content (AvgIpc) is 3.22. The van der Waals surface area contributed by atoms with Gasteiger partial charge in [0.15, 0.2) is 0 Å². The van der Waals surface area contributed by atoms with Gasteiger partial charge in [-0.05, 0) is 30.7 Å². The SMILES string of the molecule is N#Cc1ccc(N2CC3CCN(C(=O)c4ccc(F)cc4F)C3C2)nc1. The van der Waals surface area contributed by atoms with Crippen molar-refractivity contribution in [2.75, 3.05) is 24.5 Å². The van der Waals surface area contributed by atoms with Crippen molar-refractivity contribution in [2.45, 2.75) is 12.5 Å². The molecule has 2 unspecified atom stereocenters. The van der Waals surface area contributed by atoms with E-state index in [0.717, 1.165) is 30.9 Å². The Morgan fingerprint density at radius 2 is 2.08 bits per heavy atom. The molecule has 2 aliphatic heterocycles. The predicted molar refractivity (Wildman–Crippen MR) is 90.5 cm³/mol. The van der Waals surface area contributed by atoms with Gasteiger partial charge in [-0.2, -0.15) is 5.26 Å².